The number of halogens is 1. The summed E-state index contributed by atoms with van der Waals surface area (Å²) >= 11 is 5.68. The second-order valence-electron chi connectivity index (χ2n) is 4.24. The fourth-order valence-corrected chi connectivity index (χ4v) is 3.73. The average Bonchev–Trinajstić information content (AvgIpc) is 2.55. The predicted octanol–water partition coefficient (Wildman–Crippen LogP) is 1.77. The van der Waals surface area contributed by atoms with E-state index in [0.717, 1.165) is 6.42 Å². The number of alkyl halides is 1. The highest BCUT2D eigenvalue weighted by Crippen LogP contribution is 2.22. The molecule has 1 aromatic rings. The lowest BCUT2D eigenvalue weighted by atomic mass is 10.4. The van der Waals surface area contributed by atoms with Crippen LogP contribution in [0.5, 0.6) is 0 Å². The number of aromatic nitrogens is 2. The molecular formula is C11H20ClN3O2S. The Morgan fingerprint density at radius 1 is 1.39 bits per heavy atom. The van der Waals surface area contributed by atoms with E-state index in [1.807, 2.05) is 6.92 Å². The molecule has 0 N–H and O–H groups in total. The summed E-state index contributed by atoms with van der Waals surface area (Å²) in [5, 5.41) is 4.24. The van der Waals surface area contributed by atoms with Crippen LogP contribution in [0.2, 0.25) is 0 Å². The quantitative estimate of drug-likeness (QED) is 0.751. The van der Waals surface area contributed by atoms with Crippen LogP contribution in [0.1, 0.15) is 24.7 Å². The van der Waals surface area contributed by atoms with Crippen LogP contribution in [0.15, 0.2) is 4.90 Å². The highest BCUT2D eigenvalue weighted by Gasteiger charge is 2.27. The van der Waals surface area contributed by atoms with Gasteiger partial charge >= 0.3 is 0 Å². The van der Waals surface area contributed by atoms with E-state index >= 15 is 0 Å². The molecule has 0 saturated heterocycles. The number of hydrogen-bond donors (Lipinski definition) is 0. The molecule has 104 valence electrons. The molecular weight excluding hydrogens is 274 g/mol. The average molecular weight is 294 g/mol. The molecule has 0 radical (unpaired) electrons. The molecule has 0 unspecified atom stereocenters. The molecule has 0 atom stereocenters. The first kappa shape index (κ1) is 15.5. The van der Waals surface area contributed by atoms with Gasteiger partial charge in [0.25, 0.3) is 0 Å². The third kappa shape index (κ3) is 2.87. The lowest BCUT2D eigenvalue weighted by molar-refractivity contribution is 0.467. The zero-order valence-electron chi connectivity index (χ0n) is 11.3. The van der Waals surface area contributed by atoms with E-state index in [1.54, 1.807) is 25.6 Å². The number of nitrogens with zero attached hydrogens (tertiary/aromatic N) is 3. The summed E-state index contributed by atoms with van der Waals surface area (Å²) in [6, 6.07) is 0. The smallest absolute Gasteiger partial charge is 0.246 e. The molecule has 0 aromatic carbocycles. The van der Waals surface area contributed by atoms with Gasteiger partial charge in [-0.25, -0.2) is 12.7 Å². The lowest BCUT2D eigenvalue weighted by Gasteiger charge is -2.16. The highest BCUT2D eigenvalue weighted by molar-refractivity contribution is 7.89. The maximum Gasteiger partial charge on any atom is 0.246 e. The molecule has 0 fully saturated rings. The Kier molecular flexibility index (Phi) is 5.19. The minimum Gasteiger partial charge on any atom is -0.267 e. The first-order chi connectivity index (χ1) is 8.36. The minimum absolute atomic E-state index is 0.309. The summed E-state index contributed by atoms with van der Waals surface area (Å²) in [5.74, 6) is 0.409. The van der Waals surface area contributed by atoms with Gasteiger partial charge < -0.3 is 0 Å². The zero-order chi connectivity index (χ0) is 13.9. The molecule has 1 aromatic heterocycles. The zero-order valence-corrected chi connectivity index (χ0v) is 12.8. The van der Waals surface area contributed by atoms with Crippen LogP contribution in [-0.2, 0) is 16.6 Å². The summed E-state index contributed by atoms with van der Waals surface area (Å²) in [6.45, 7) is 6.44. The molecule has 0 amide bonds. The minimum atomic E-state index is -3.45. The summed E-state index contributed by atoms with van der Waals surface area (Å²) in [5.41, 5.74) is 1.18. The highest BCUT2D eigenvalue weighted by atomic mass is 35.5. The SMILES string of the molecule is CCCN(C)S(=O)(=O)c1c(C)nn(CCCl)c1C. The predicted molar refractivity (Wildman–Crippen MR) is 72.5 cm³/mol. The van der Waals surface area contributed by atoms with Crippen LogP contribution in [0.4, 0.5) is 0 Å². The van der Waals surface area contributed by atoms with Crippen molar-refractivity contribution in [2.75, 3.05) is 19.5 Å². The molecule has 18 heavy (non-hydrogen) atoms. The van der Waals surface area contributed by atoms with E-state index < -0.39 is 10.0 Å². The van der Waals surface area contributed by atoms with Crippen molar-refractivity contribution in [1.29, 1.82) is 0 Å². The number of aryl methyl sites for hydroxylation is 2. The Labute approximate surface area is 114 Å². The van der Waals surface area contributed by atoms with E-state index in [1.165, 1.54) is 4.31 Å². The Balaban J connectivity index is 3.24. The van der Waals surface area contributed by atoms with Crippen molar-refractivity contribution >= 4 is 21.6 Å². The van der Waals surface area contributed by atoms with Gasteiger partial charge in [-0.1, -0.05) is 6.92 Å². The van der Waals surface area contributed by atoms with Gasteiger partial charge in [0.15, 0.2) is 0 Å². The van der Waals surface area contributed by atoms with Crippen molar-refractivity contribution in [3.8, 4) is 0 Å². The monoisotopic (exact) mass is 293 g/mol. The van der Waals surface area contributed by atoms with Crippen LogP contribution in [0.3, 0.4) is 0 Å². The molecule has 1 rings (SSSR count). The van der Waals surface area contributed by atoms with Crippen LogP contribution in [-0.4, -0.2) is 42.0 Å². The first-order valence-corrected chi connectivity index (χ1v) is 7.90. The van der Waals surface area contributed by atoms with E-state index in [-0.39, 0.29) is 0 Å². The van der Waals surface area contributed by atoms with E-state index in [0.29, 0.717) is 35.3 Å². The fraction of sp³-hybridized carbons (Fsp3) is 0.727. The molecule has 7 heteroatoms. The second-order valence-corrected chi connectivity index (χ2v) is 6.60. The summed E-state index contributed by atoms with van der Waals surface area (Å²) in [7, 11) is -1.86. The summed E-state index contributed by atoms with van der Waals surface area (Å²) in [6.07, 6.45) is 0.781. The molecule has 0 bridgehead atoms. The molecule has 1 heterocycles. The Morgan fingerprint density at radius 3 is 2.50 bits per heavy atom. The summed E-state index contributed by atoms with van der Waals surface area (Å²) < 4.78 is 27.9. The molecule has 0 saturated carbocycles. The Hall–Kier alpha value is -0.590. The van der Waals surface area contributed by atoms with Crippen molar-refractivity contribution < 1.29 is 8.42 Å². The van der Waals surface area contributed by atoms with E-state index in [9.17, 15) is 8.42 Å². The van der Waals surface area contributed by atoms with Gasteiger partial charge in [-0.15, -0.1) is 11.6 Å². The molecule has 0 spiro atoms. The third-order valence-electron chi connectivity index (χ3n) is 2.82. The molecule has 0 aliphatic rings. The van der Waals surface area contributed by atoms with E-state index in [4.69, 9.17) is 11.6 Å². The standard InChI is InChI=1S/C11H20ClN3O2S/c1-5-7-14(4)18(16,17)11-9(2)13-15(8-6-12)10(11)3/h5-8H2,1-4H3. The van der Waals surface area contributed by atoms with Crippen molar-refractivity contribution in [1.82, 2.24) is 14.1 Å². The third-order valence-corrected chi connectivity index (χ3v) is 5.10. The van der Waals surface area contributed by atoms with Gasteiger partial charge in [0.1, 0.15) is 4.90 Å². The molecule has 5 nitrogen and oxygen atoms in total. The second kappa shape index (κ2) is 6.04. The fourth-order valence-electron chi connectivity index (χ4n) is 1.94. The van der Waals surface area contributed by atoms with Crippen LogP contribution < -0.4 is 0 Å². The Morgan fingerprint density at radius 2 is 2.00 bits per heavy atom. The maximum atomic E-state index is 12.4. The van der Waals surface area contributed by atoms with E-state index in [2.05, 4.69) is 5.10 Å². The van der Waals surface area contributed by atoms with Crippen molar-refractivity contribution in [2.24, 2.45) is 0 Å². The first-order valence-electron chi connectivity index (χ1n) is 5.92. The molecule has 0 aliphatic heterocycles. The Bertz CT molecular complexity index is 511. The van der Waals surface area contributed by atoms with Gasteiger partial charge in [-0.05, 0) is 20.3 Å². The number of sulfonamides is 1. The number of rotatable bonds is 6. The largest absolute Gasteiger partial charge is 0.267 e. The van der Waals surface area contributed by atoms with Crippen LogP contribution in [0.25, 0.3) is 0 Å². The number of hydrogen-bond acceptors (Lipinski definition) is 3. The van der Waals surface area contributed by atoms with Crippen LogP contribution in [0, 0.1) is 13.8 Å². The van der Waals surface area contributed by atoms with Gasteiger partial charge in [0.2, 0.25) is 10.0 Å². The lowest BCUT2D eigenvalue weighted by Crippen LogP contribution is -2.28. The van der Waals surface area contributed by atoms with Crippen molar-refractivity contribution in [3.05, 3.63) is 11.4 Å². The normalized spacial score (nSPS) is 12.3. The van der Waals surface area contributed by atoms with Gasteiger partial charge in [0, 0.05) is 19.5 Å². The summed E-state index contributed by atoms with van der Waals surface area (Å²) in [4.78, 5) is 0.309. The van der Waals surface area contributed by atoms with Gasteiger partial charge in [0.05, 0.1) is 17.9 Å². The van der Waals surface area contributed by atoms with Crippen molar-refractivity contribution in [2.45, 2.75) is 38.6 Å². The van der Waals surface area contributed by atoms with Gasteiger partial charge in [-0.3, -0.25) is 4.68 Å². The van der Waals surface area contributed by atoms with Gasteiger partial charge in [-0.2, -0.15) is 5.10 Å². The maximum absolute atomic E-state index is 12.4. The van der Waals surface area contributed by atoms with Crippen molar-refractivity contribution in [3.63, 3.8) is 0 Å². The molecule has 0 aliphatic carbocycles. The topological polar surface area (TPSA) is 55.2 Å². The van der Waals surface area contributed by atoms with Crippen LogP contribution >= 0.6 is 11.6 Å².